The van der Waals surface area contributed by atoms with Crippen molar-refractivity contribution in [1.29, 1.82) is 0 Å². The third kappa shape index (κ3) is 4.04. The molecule has 1 N–H and O–H groups in total. The maximum absolute atomic E-state index is 12.2. The van der Waals surface area contributed by atoms with E-state index in [9.17, 15) is 4.80 Å². The maximum atomic E-state index is 12.2. The fourth-order valence-corrected chi connectivity index (χ4v) is 7.49. The average Bonchev–Trinajstić information content (AvgIpc) is 2.73. The second-order valence-electron chi connectivity index (χ2n) is 7.84. The number of aromatic nitrogens is 1. The van der Waals surface area contributed by atoms with Crippen LogP contribution < -0.4 is 10.4 Å². The first-order valence-electron chi connectivity index (χ1n) is 9.74. The van der Waals surface area contributed by atoms with Crippen molar-refractivity contribution in [1.82, 2.24) is 4.98 Å². The van der Waals surface area contributed by atoms with Gasteiger partial charge in [-0.15, -0.1) is 0 Å². The Bertz CT molecular complexity index is 805. The molecule has 0 saturated heterocycles. The highest BCUT2D eigenvalue weighted by Crippen LogP contribution is 2.39. The lowest BCUT2D eigenvalue weighted by atomic mass is 10.0. The van der Waals surface area contributed by atoms with Crippen molar-refractivity contribution in [3.63, 3.8) is 0 Å². The van der Waals surface area contributed by atoms with E-state index in [2.05, 4.69) is 62.2 Å². The highest BCUT2D eigenvalue weighted by Gasteiger charge is 2.49. The van der Waals surface area contributed by atoms with Gasteiger partial charge in [0.25, 0.3) is 8.32 Å². The van der Waals surface area contributed by atoms with E-state index in [4.69, 9.17) is 0 Å². The summed E-state index contributed by atoms with van der Waals surface area (Å²) in [5, 5.41) is 1.92. The predicted octanol–water partition coefficient (Wildman–Crippen LogP) is 4.11. The van der Waals surface area contributed by atoms with Gasteiger partial charge in [-0.05, 0) is 46.3 Å². The summed E-state index contributed by atoms with van der Waals surface area (Å²) in [5.41, 5.74) is 2.36. The molecule has 0 aliphatic rings. The van der Waals surface area contributed by atoms with E-state index in [1.54, 1.807) is 0 Å². The summed E-state index contributed by atoms with van der Waals surface area (Å²) in [6.07, 6.45) is 4.77. The Balaban J connectivity index is 1.92. The minimum Gasteiger partial charge on any atom is -0.424 e. The molecule has 0 unspecified atom stereocenters. The van der Waals surface area contributed by atoms with Crippen molar-refractivity contribution in [2.45, 2.75) is 45.1 Å². The van der Waals surface area contributed by atoms with Crippen LogP contribution in [0.25, 0.3) is 0 Å². The van der Waals surface area contributed by atoms with Crippen LogP contribution in [0.15, 0.2) is 79.0 Å². The van der Waals surface area contributed by atoms with Gasteiger partial charge in [0.1, 0.15) is 0 Å². The fourth-order valence-electron chi connectivity index (χ4n) is 3.76. The van der Waals surface area contributed by atoms with Crippen molar-refractivity contribution in [3.05, 3.63) is 90.3 Å². The number of benzene rings is 2. The van der Waals surface area contributed by atoms with Gasteiger partial charge in [-0.1, -0.05) is 87.5 Å². The minimum absolute atomic E-state index is 0.223. The van der Waals surface area contributed by atoms with E-state index < -0.39 is 8.32 Å². The summed E-state index contributed by atoms with van der Waals surface area (Å²) >= 11 is 0. The summed E-state index contributed by atoms with van der Waals surface area (Å²) in [7, 11) is -2.92. The van der Waals surface area contributed by atoms with Crippen molar-refractivity contribution in [2.24, 2.45) is 0 Å². The van der Waals surface area contributed by atoms with Crippen LogP contribution in [-0.2, 0) is 12.8 Å². The zero-order chi connectivity index (χ0) is 19.3. The first kappa shape index (κ1) is 19.5. The van der Waals surface area contributed by atoms with E-state index in [1.807, 2.05) is 42.6 Å². The molecule has 27 heavy (non-hydrogen) atoms. The van der Waals surface area contributed by atoms with Crippen LogP contribution in [0.2, 0.25) is 5.04 Å². The molecule has 140 valence electrons. The normalized spacial score (nSPS) is 12.1. The van der Waals surface area contributed by atoms with Gasteiger partial charge in [0, 0.05) is 11.9 Å². The number of hydrogen-bond acceptors (Lipinski definition) is 2. The molecular weight excluding hydrogens is 346 g/mol. The third-order valence-electron chi connectivity index (χ3n) is 5.65. The Morgan fingerprint density at radius 2 is 1.41 bits per heavy atom. The fraction of sp³-hybridized carbons (Fsp3) is 0.292. The van der Waals surface area contributed by atoms with Gasteiger partial charge >= 0.3 is 0 Å². The minimum atomic E-state index is -2.92. The second kappa shape index (κ2) is 8.20. The Morgan fingerprint density at radius 1 is 0.852 bits per heavy atom. The largest absolute Gasteiger partial charge is 0.424 e. The first-order valence-corrected chi connectivity index (χ1v) is 11.7. The first-order chi connectivity index (χ1) is 13.0. The number of pyridine rings is 1. The van der Waals surface area contributed by atoms with E-state index in [0.29, 0.717) is 0 Å². The molecule has 0 aliphatic heterocycles. The summed E-state index contributed by atoms with van der Waals surface area (Å²) in [5.74, 6) is 0. The van der Waals surface area contributed by atoms with Crippen molar-refractivity contribution >= 4 is 18.7 Å². The molecule has 1 heterocycles. The molecule has 3 heteroatoms. The van der Waals surface area contributed by atoms with Gasteiger partial charge < -0.3 is 4.80 Å². The molecule has 0 aliphatic carbocycles. The molecule has 0 amide bonds. The Hall–Kier alpha value is -2.23. The molecule has 2 aromatic carbocycles. The van der Waals surface area contributed by atoms with Gasteiger partial charge in [-0.3, -0.25) is 4.98 Å². The van der Waals surface area contributed by atoms with E-state index in [0.717, 1.165) is 35.3 Å². The lowest BCUT2D eigenvalue weighted by molar-refractivity contribution is 0.466. The molecule has 1 aromatic heterocycles. The van der Waals surface area contributed by atoms with Gasteiger partial charge in [0.2, 0.25) is 0 Å². The van der Waals surface area contributed by atoms with Crippen LogP contribution in [0.1, 0.15) is 38.4 Å². The number of rotatable bonds is 7. The molecule has 3 aromatic rings. The highest BCUT2D eigenvalue weighted by molar-refractivity contribution is 6.98. The third-order valence-corrected chi connectivity index (χ3v) is 10.2. The van der Waals surface area contributed by atoms with E-state index in [1.165, 1.54) is 5.56 Å². The van der Waals surface area contributed by atoms with E-state index >= 15 is 0 Å². The van der Waals surface area contributed by atoms with Gasteiger partial charge in [-0.25, -0.2) is 0 Å². The molecule has 0 fully saturated rings. The zero-order valence-electron chi connectivity index (χ0n) is 16.5. The number of nitrogens with zero attached hydrogens (tertiary/aromatic N) is 1. The molecule has 0 bridgehead atoms. The standard InChI is InChI=1S/C24H29NOSi/c1-4-21-16-15-20(19-25-21)17-18-24(2,3)27(26,22-11-7-5-8-12-22)23-13-9-6-10-14-23/h5-16,19,26H,4,17-18H2,1-3H3. The molecule has 0 atom stereocenters. The number of aryl methyl sites for hydroxylation is 2. The second-order valence-corrected chi connectivity index (χ2v) is 11.8. The van der Waals surface area contributed by atoms with E-state index in [-0.39, 0.29) is 5.04 Å². The average molecular weight is 376 g/mol. The smallest absolute Gasteiger partial charge is 0.258 e. The monoisotopic (exact) mass is 375 g/mol. The lowest BCUT2D eigenvalue weighted by Crippen LogP contribution is -2.65. The van der Waals surface area contributed by atoms with Gasteiger partial charge in [-0.2, -0.15) is 0 Å². The molecule has 0 saturated carbocycles. The molecular formula is C24H29NOSi. The molecule has 2 nitrogen and oxygen atoms in total. The summed E-state index contributed by atoms with van der Waals surface area (Å²) in [6, 6.07) is 24.7. The van der Waals surface area contributed by atoms with Crippen LogP contribution in [0.4, 0.5) is 0 Å². The topological polar surface area (TPSA) is 33.1 Å². The Labute approximate surface area is 164 Å². The maximum Gasteiger partial charge on any atom is 0.258 e. The van der Waals surface area contributed by atoms with Crippen LogP contribution in [-0.4, -0.2) is 18.1 Å². The Kier molecular flexibility index (Phi) is 5.93. The SMILES string of the molecule is CCc1ccc(CCC(C)(C)[Si](O)(c2ccccc2)c2ccccc2)cn1. The summed E-state index contributed by atoms with van der Waals surface area (Å²) in [6.45, 7) is 6.55. The van der Waals surface area contributed by atoms with Crippen LogP contribution in [0.3, 0.4) is 0 Å². The van der Waals surface area contributed by atoms with Crippen molar-refractivity contribution < 1.29 is 4.80 Å². The number of hydrogen-bond donors (Lipinski definition) is 1. The molecule has 0 spiro atoms. The predicted molar refractivity (Wildman–Crippen MR) is 116 cm³/mol. The zero-order valence-corrected chi connectivity index (χ0v) is 17.5. The van der Waals surface area contributed by atoms with Crippen molar-refractivity contribution in [2.75, 3.05) is 0 Å². The van der Waals surface area contributed by atoms with Crippen molar-refractivity contribution in [3.8, 4) is 0 Å². The van der Waals surface area contributed by atoms with Crippen LogP contribution in [0, 0.1) is 0 Å². The lowest BCUT2D eigenvalue weighted by Gasteiger charge is -2.41. The van der Waals surface area contributed by atoms with Gasteiger partial charge in [0.05, 0.1) is 0 Å². The molecule has 0 radical (unpaired) electrons. The van der Waals surface area contributed by atoms with Crippen LogP contribution >= 0.6 is 0 Å². The molecule has 3 rings (SSSR count). The summed E-state index contributed by atoms with van der Waals surface area (Å²) in [4.78, 5) is 16.7. The van der Waals surface area contributed by atoms with Crippen LogP contribution in [0.5, 0.6) is 0 Å². The highest BCUT2D eigenvalue weighted by atomic mass is 28.4. The summed E-state index contributed by atoms with van der Waals surface area (Å²) < 4.78 is 0. The quantitative estimate of drug-likeness (QED) is 0.631. The Morgan fingerprint density at radius 3 is 1.85 bits per heavy atom. The van der Waals surface area contributed by atoms with Gasteiger partial charge in [0.15, 0.2) is 0 Å².